The highest BCUT2D eigenvalue weighted by Crippen LogP contribution is 2.25. The fourth-order valence-electron chi connectivity index (χ4n) is 2.14. The Labute approximate surface area is 142 Å². The summed E-state index contributed by atoms with van der Waals surface area (Å²) in [6.45, 7) is 0. The molecule has 1 heterocycles. The monoisotopic (exact) mass is 338 g/mol. The first-order valence-electron chi connectivity index (χ1n) is 7.05. The lowest BCUT2D eigenvalue weighted by atomic mass is 10.0. The number of thiazole rings is 1. The van der Waals surface area contributed by atoms with E-state index in [1.165, 1.54) is 11.3 Å². The van der Waals surface area contributed by atoms with Crippen LogP contribution < -0.4 is 16.8 Å². The molecule has 120 valence electrons. The van der Waals surface area contributed by atoms with Crippen molar-refractivity contribution in [1.82, 2.24) is 4.98 Å². The van der Waals surface area contributed by atoms with E-state index in [0.29, 0.717) is 10.7 Å². The predicted octanol–water partition coefficient (Wildman–Crippen LogP) is 2.75. The number of primary amides is 2. The van der Waals surface area contributed by atoms with Gasteiger partial charge < -0.3 is 16.8 Å². The molecule has 6 nitrogen and oxygen atoms in total. The van der Waals surface area contributed by atoms with Crippen LogP contribution in [0.1, 0.15) is 20.8 Å². The largest absolute Gasteiger partial charge is 0.366 e. The third-order valence-corrected chi connectivity index (χ3v) is 4.15. The Morgan fingerprint density at radius 2 is 1.46 bits per heavy atom. The maximum Gasteiger partial charge on any atom is 0.268 e. The first-order chi connectivity index (χ1) is 11.5. The van der Waals surface area contributed by atoms with E-state index in [1.54, 1.807) is 17.5 Å². The van der Waals surface area contributed by atoms with Crippen molar-refractivity contribution >= 4 is 34.0 Å². The van der Waals surface area contributed by atoms with Gasteiger partial charge >= 0.3 is 0 Å². The van der Waals surface area contributed by atoms with E-state index in [0.717, 1.165) is 16.8 Å². The van der Waals surface area contributed by atoms with Crippen LogP contribution in [0.3, 0.4) is 0 Å². The fraction of sp³-hybridized carbons (Fsp3) is 0. The number of carbonyl (C=O) groups excluding carboxylic acids is 2. The van der Waals surface area contributed by atoms with E-state index in [9.17, 15) is 9.59 Å². The SMILES string of the molecule is NC(=O)c1ccc(-c2ccc(Nc3nc(C(N)=O)cs3)cc2)cc1. The van der Waals surface area contributed by atoms with Crippen LogP contribution in [0.5, 0.6) is 0 Å². The first kappa shape index (κ1) is 15.7. The fourth-order valence-corrected chi connectivity index (χ4v) is 2.86. The summed E-state index contributed by atoms with van der Waals surface area (Å²) in [6.07, 6.45) is 0. The van der Waals surface area contributed by atoms with Gasteiger partial charge in [0, 0.05) is 16.6 Å². The van der Waals surface area contributed by atoms with Crippen LogP contribution in [0.4, 0.5) is 10.8 Å². The van der Waals surface area contributed by atoms with Crippen molar-refractivity contribution in [2.45, 2.75) is 0 Å². The molecule has 1 aromatic heterocycles. The number of amides is 2. The third kappa shape index (κ3) is 3.41. The molecule has 2 amide bonds. The smallest absolute Gasteiger partial charge is 0.268 e. The average Bonchev–Trinajstić information content (AvgIpc) is 3.04. The first-order valence-corrected chi connectivity index (χ1v) is 7.93. The number of nitrogens with one attached hydrogen (secondary N) is 1. The van der Waals surface area contributed by atoms with Crippen LogP contribution in [0, 0.1) is 0 Å². The molecule has 0 atom stereocenters. The predicted molar refractivity (Wildman–Crippen MR) is 94.3 cm³/mol. The maximum absolute atomic E-state index is 11.1. The van der Waals surface area contributed by atoms with Crippen LogP contribution in [-0.4, -0.2) is 16.8 Å². The summed E-state index contributed by atoms with van der Waals surface area (Å²) < 4.78 is 0. The summed E-state index contributed by atoms with van der Waals surface area (Å²) in [5.74, 6) is -0.992. The number of nitrogens with zero attached hydrogens (tertiary/aromatic N) is 1. The van der Waals surface area contributed by atoms with Crippen molar-refractivity contribution in [1.29, 1.82) is 0 Å². The second-order valence-electron chi connectivity index (χ2n) is 5.05. The zero-order valence-electron chi connectivity index (χ0n) is 12.5. The second kappa shape index (κ2) is 6.51. The highest BCUT2D eigenvalue weighted by Gasteiger charge is 2.07. The Hall–Kier alpha value is -3.19. The molecule has 0 aliphatic heterocycles. The van der Waals surface area contributed by atoms with Crippen molar-refractivity contribution in [3.05, 3.63) is 65.2 Å². The molecule has 7 heteroatoms. The molecule has 0 spiro atoms. The van der Waals surface area contributed by atoms with Gasteiger partial charge in [-0.3, -0.25) is 9.59 Å². The van der Waals surface area contributed by atoms with Crippen LogP contribution >= 0.6 is 11.3 Å². The van der Waals surface area contributed by atoms with Crippen molar-refractivity contribution < 1.29 is 9.59 Å². The van der Waals surface area contributed by atoms with Gasteiger partial charge in [0.1, 0.15) is 5.69 Å². The summed E-state index contributed by atoms with van der Waals surface area (Å²) >= 11 is 1.31. The molecule has 5 N–H and O–H groups in total. The van der Waals surface area contributed by atoms with Crippen molar-refractivity contribution in [2.75, 3.05) is 5.32 Å². The normalized spacial score (nSPS) is 10.3. The third-order valence-electron chi connectivity index (χ3n) is 3.40. The molecule has 0 aliphatic carbocycles. The number of aromatic nitrogens is 1. The molecule has 3 rings (SSSR count). The molecular weight excluding hydrogens is 324 g/mol. The van der Waals surface area contributed by atoms with E-state index in [-0.39, 0.29) is 5.69 Å². The number of carbonyl (C=O) groups is 2. The van der Waals surface area contributed by atoms with Gasteiger partial charge in [-0.05, 0) is 35.4 Å². The van der Waals surface area contributed by atoms with Gasteiger partial charge in [0.05, 0.1) is 0 Å². The van der Waals surface area contributed by atoms with Gasteiger partial charge in [-0.15, -0.1) is 11.3 Å². The molecule has 0 saturated heterocycles. The molecule has 0 bridgehead atoms. The molecule has 24 heavy (non-hydrogen) atoms. The minimum Gasteiger partial charge on any atom is -0.366 e. The Bertz CT molecular complexity index is 886. The van der Waals surface area contributed by atoms with Crippen LogP contribution in [-0.2, 0) is 0 Å². The van der Waals surface area contributed by atoms with Crippen LogP contribution in [0.2, 0.25) is 0 Å². The van der Waals surface area contributed by atoms with Crippen molar-refractivity contribution in [2.24, 2.45) is 11.5 Å². The number of hydrogen-bond donors (Lipinski definition) is 3. The second-order valence-corrected chi connectivity index (χ2v) is 5.90. The summed E-state index contributed by atoms with van der Waals surface area (Å²) in [5.41, 5.74) is 14.0. The molecule has 0 unspecified atom stereocenters. The van der Waals surface area contributed by atoms with E-state index >= 15 is 0 Å². The number of hydrogen-bond acceptors (Lipinski definition) is 5. The van der Waals surface area contributed by atoms with Crippen LogP contribution in [0.25, 0.3) is 11.1 Å². The van der Waals surface area contributed by atoms with Crippen molar-refractivity contribution in [3.63, 3.8) is 0 Å². The average molecular weight is 338 g/mol. The molecule has 0 saturated carbocycles. The maximum atomic E-state index is 11.1. The van der Waals surface area contributed by atoms with Gasteiger partial charge in [0.15, 0.2) is 5.13 Å². The van der Waals surface area contributed by atoms with Crippen LogP contribution in [0.15, 0.2) is 53.9 Å². The molecular formula is C17H14N4O2S. The lowest BCUT2D eigenvalue weighted by Gasteiger charge is -2.06. The lowest BCUT2D eigenvalue weighted by Crippen LogP contribution is -2.11. The Morgan fingerprint density at radius 1 is 0.875 bits per heavy atom. The quantitative estimate of drug-likeness (QED) is 0.664. The van der Waals surface area contributed by atoms with Gasteiger partial charge in [0.2, 0.25) is 5.91 Å². The van der Waals surface area contributed by atoms with Gasteiger partial charge in [-0.25, -0.2) is 4.98 Å². The van der Waals surface area contributed by atoms with E-state index in [2.05, 4.69) is 10.3 Å². The van der Waals surface area contributed by atoms with Crippen molar-refractivity contribution in [3.8, 4) is 11.1 Å². The zero-order chi connectivity index (χ0) is 17.1. The minimum absolute atomic E-state index is 0.244. The van der Waals surface area contributed by atoms with Gasteiger partial charge in [-0.1, -0.05) is 24.3 Å². The molecule has 0 fully saturated rings. The highest BCUT2D eigenvalue weighted by molar-refractivity contribution is 7.14. The Balaban J connectivity index is 1.74. The zero-order valence-corrected chi connectivity index (χ0v) is 13.3. The number of nitrogens with two attached hydrogens (primary N) is 2. The summed E-state index contributed by atoms with van der Waals surface area (Å²) in [7, 11) is 0. The summed E-state index contributed by atoms with van der Waals surface area (Å²) in [6, 6.07) is 14.8. The highest BCUT2D eigenvalue weighted by atomic mass is 32.1. The lowest BCUT2D eigenvalue weighted by molar-refractivity contribution is 0.0989. The topological polar surface area (TPSA) is 111 Å². The summed E-state index contributed by atoms with van der Waals surface area (Å²) in [5, 5.41) is 5.33. The van der Waals surface area contributed by atoms with Gasteiger partial charge in [0.25, 0.3) is 5.91 Å². The molecule has 3 aromatic rings. The number of anilines is 2. The number of benzene rings is 2. The van der Waals surface area contributed by atoms with E-state index in [4.69, 9.17) is 11.5 Å². The van der Waals surface area contributed by atoms with E-state index in [1.807, 2.05) is 36.4 Å². The molecule has 0 aliphatic rings. The Kier molecular flexibility index (Phi) is 4.26. The van der Waals surface area contributed by atoms with E-state index < -0.39 is 11.8 Å². The number of rotatable bonds is 5. The standard InChI is InChI=1S/C17H14N4O2S/c18-15(22)12-3-1-10(2-4-12)11-5-7-13(8-6-11)20-17-21-14(9-24-17)16(19)23/h1-9H,(H2,18,22)(H2,19,23)(H,20,21). The molecule has 0 radical (unpaired) electrons. The molecule has 2 aromatic carbocycles. The Morgan fingerprint density at radius 3 is 1.96 bits per heavy atom. The van der Waals surface area contributed by atoms with Gasteiger partial charge in [-0.2, -0.15) is 0 Å². The minimum atomic E-state index is -0.547. The summed E-state index contributed by atoms with van der Waals surface area (Å²) in [4.78, 5) is 26.2.